The molecule has 0 unspecified atom stereocenters. The number of hydrogen-bond acceptors (Lipinski definition) is 5. The molecule has 3 aromatic rings. The molecular weight excluding hydrogens is 399 g/mol. The van der Waals surface area contributed by atoms with Gasteiger partial charge in [-0.2, -0.15) is 0 Å². The first-order chi connectivity index (χ1) is 15.2. The molecule has 1 amide bonds. The summed E-state index contributed by atoms with van der Waals surface area (Å²) in [4.78, 5) is 16.9. The van der Waals surface area contributed by atoms with Crippen LogP contribution in [0.1, 0.15) is 18.1 Å². The number of anilines is 1. The van der Waals surface area contributed by atoms with E-state index < -0.39 is 0 Å². The number of nitrogens with zero attached hydrogens (tertiary/aromatic N) is 1. The van der Waals surface area contributed by atoms with E-state index in [9.17, 15) is 9.18 Å². The van der Waals surface area contributed by atoms with Gasteiger partial charge in [-0.25, -0.2) is 4.39 Å². The van der Waals surface area contributed by atoms with Crippen molar-refractivity contribution in [3.05, 3.63) is 89.7 Å². The largest absolute Gasteiger partial charge is 0.490 e. The molecule has 0 aromatic heterocycles. The molecule has 0 aliphatic rings. The van der Waals surface area contributed by atoms with E-state index in [0.29, 0.717) is 34.9 Å². The van der Waals surface area contributed by atoms with Crippen LogP contribution in [0.5, 0.6) is 11.5 Å². The van der Waals surface area contributed by atoms with Gasteiger partial charge in [0.1, 0.15) is 12.4 Å². The van der Waals surface area contributed by atoms with Crippen LogP contribution in [-0.2, 0) is 16.2 Å². The molecule has 1 N–H and O–H groups in total. The average molecular weight is 422 g/mol. The van der Waals surface area contributed by atoms with Gasteiger partial charge in [0.25, 0.3) is 5.91 Å². The Morgan fingerprint density at radius 3 is 2.55 bits per heavy atom. The smallest absolute Gasteiger partial charge is 0.265 e. The molecule has 160 valence electrons. The van der Waals surface area contributed by atoms with Crippen molar-refractivity contribution in [1.82, 2.24) is 0 Å². The molecule has 3 aromatic carbocycles. The average Bonchev–Trinajstić information content (AvgIpc) is 2.78. The van der Waals surface area contributed by atoms with E-state index >= 15 is 0 Å². The summed E-state index contributed by atoms with van der Waals surface area (Å²) >= 11 is 0. The third-order valence-corrected chi connectivity index (χ3v) is 4.14. The maximum Gasteiger partial charge on any atom is 0.265 e. The van der Waals surface area contributed by atoms with E-state index in [1.165, 1.54) is 12.3 Å². The predicted octanol–water partition coefficient (Wildman–Crippen LogP) is 4.79. The Morgan fingerprint density at radius 2 is 1.77 bits per heavy atom. The van der Waals surface area contributed by atoms with Crippen LogP contribution in [0.3, 0.4) is 0 Å². The van der Waals surface area contributed by atoms with Crippen LogP contribution in [0.15, 0.2) is 78.0 Å². The van der Waals surface area contributed by atoms with Crippen molar-refractivity contribution in [2.75, 3.05) is 18.5 Å². The normalized spacial score (nSPS) is 10.6. The maximum atomic E-state index is 13.8. The lowest BCUT2D eigenvalue weighted by Gasteiger charge is -2.13. The second kappa shape index (κ2) is 11.3. The van der Waals surface area contributed by atoms with Crippen LogP contribution in [0.2, 0.25) is 0 Å². The summed E-state index contributed by atoms with van der Waals surface area (Å²) in [7, 11) is 0. The monoisotopic (exact) mass is 422 g/mol. The summed E-state index contributed by atoms with van der Waals surface area (Å²) in [6.07, 6.45) is 1.47. The number of benzene rings is 3. The molecule has 0 aliphatic heterocycles. The highest BCUT2D eigenvalue weighted by Gasteiger charge is 2.08. The SMILES string of the molecule is CCOc1cc(/C=N/OCC(=O)Nc2ccccc2)ccc1OCc1ccccc1F. The number of ether oxygens (including phenoxy) is 2. The molecule has 6 nitrogen and oxygen atoms in total. The molecule has 0 radical (unpaired) electrons. The molecule has 0 bridgehead atoms. The van der Waals surface area contributed by atoms with Crippen LogP contribution in [0.4, 0.5) is 10.1 Å². The zero-order valence-electron chi connectivity index (χ0n) is 17.1. The molecule has 0 atom stereocenters. The number of halogens is 1. The Kier molecular flexibility index (Phi) is 7.99. The molecule has 0 aliphatic carbocycles. The summed E-state index contributed by atoms with van der Waals surface area (Å²) in [5, 5.41) is 6.53. The highest BCUT2D eigenvalue weighted by molar-refractivity contribution is 5.91. The number of hydrogen-bond donors (Lipinski definition) is 1. The third kappa shape index (κ3) is 6.85. The lowest BCUT2D eigenvalue weighted by atomic mass is 10.2. The Hall–Kier alpha value is -3.87. The molecule has 7 heteroatoms. The van der Waals surface area contributed by atoms with Crippen LogP contribution >= 0.6 is 0 Å². The van der Waals surface area contributed by atoms with Crippen molar-refractivity contribution in [2.45, 2.75) is 13.5 Å². The van der Waals surface area contributed by atoms with Crippen molar-refractivity contribution in [3.8, 4) is 11.5 Å². The number of amides is 1. The van der Waals surface area contributed by atoms with Crippen molar-refractivity contribution in [3.63, 3.8) is 0 Å². The summed E-state index contributed by atoms with van der Waals surface area (Å²) in [5.41, 5.74) is 1.84. The van der Waals surface area contributed by atoms with Gasteiger partial charge in [0.2, 0.25) is 0 Å². The van der Waals surface area contributed by atoms with Crippen LogP contribution in [0, 0.1) is 5.82 Å². The van der Waals surface area contributed by atoms with Gasteiger partial charge < -0.3 is 19.6 Å². The minimum absolute atomic E-state index is 0.0832. The number of rotatable bonds is 10. The van der Waals surface area contributed by atoms with Gasteiger partial charge in [0.05, 0.1) is 12.8 Å². The minimum Gasteiger partial charge on any atom is -0.490 e. The van der Waals surface area contributed by atoms with Gasteiger partial charge in [-0.3, -0.25) is 4.79 Å². The molecule has 3 rings (SSSR count). The summed E-state index contributed by atoms with van der Waals surface area (Å²) in [6, 6.07) is 20.7. The van der Waals surface area contributed by atoms with E-state index in [2.05, 4.69) is 10.5 Å². The first-order valence-electron chi connectivity index (χ1n) is 9.79. The lowest BCUT2D eigenvalue weighted by Crippen LogP contribution is -2.16. The molecule has 0 saturated heterocycles. The van der Waals surface area contributed by atoms with Crippen LogP contribution in [-0.4, -0.2) is 25.3 Å². The van der Waals surface area contributed by atoms with Crippen molar-refractivity contribution < 1.29 is 23.5 Å². The summed E-state index contributed by atoms with van der Waals surface area (Å²) < 4.78 is 25.1. The molecule has 0 saturated carbocycles. The second-order valence-corrected chi connectivity index (χ2v) is 6.44. The van der Waals surface area contributed by atoms with E-state index in [0.717, 1.165) is 0 Å². The minimum atomic E-state index is -0.322. The standard InChI is InChI=1S/C24H23FN2O4/c1-2-29-23-14-18(12-13-22(23)30-16-19-8-6-7-11-21(19)25)15-26-31-17-24(28)27-20-9-4-3-5-10-20/h3-15H,2,16-17H2,1H3,(H,27,28)/b26-15+. The van der Waals surface area contributed by atoms with E-state index in [1.807, 2.05) is 25.1 Å². The Morgan fingerprint density at radius 1 is 1.00 bits per heavy atom. The maximum absolute atomic E-state index is 13.8. The van der Waals surface area contributed by atoms with Crippen LogP contribution < -0.4 is 14.8 Å². The highest BCUT2D eigenvalue weighted by Crippen LogP contribution is 2.29. The Bertz CT molecular complexity index is 1030. The third-order valence-electron chi connectivity index (χ3n) is 4.14. The Labute approximate surface area is 180 Å². The summed E-state index contributed by atoms with van der Waals surface area (Å²) in [5.74, 6) is 0.364. The van der Waals surface area contributed by atoms with E-state index in [-0.39, 0.29) is 24.9 Å². The van der Waals surface area contributed by atoms with Crippen molar-refractivity contribution in [2.24, 2.45) is 5.16 Å². The highest BCUT2D eigenvalue weighted by atomic mass is 19.1. The second-order valence-electron chi connectivity index (χ2n) is 6.44. The zero-order valence-corrected chi connectivity index (χ0v) is 17.1. The van der Waals surface area contributed by atoms with E-state index in [1.54, 1.807) is 48.5 Å². The van der Waals surface area contributed by atoms with Gasteiger partial charge in [0.15, 0.2) is 18.1 Å². The van der Waals surface area contributed by atoms with Gasteiger partial charge >= 0.3 is 0 Å². The Balaban J connectivity index is 1.55. The summed E-state index contributed by atoms with van der Waals surface area (Å²) in [6.45, 7) is 2.16. The van der Waals surface area contributed by atoms with Gasteiger partial charge in [0, 0.05) is 16.8 Å². The molecule has 0 heterocycles. The number of carbonyl (C=O) groups excluding carboxylic acids is 1. The van der Waals surface area contributed by atoms with Crippen LogP contribution in [0.25, 0.3) is 0 Å². The molecule has 0 fully saturated rings. The fraction of sp³-hybridized carbons (Fsp3) is 0.167. The van der Waals surface area contributed by atoms with Crippen molar-refractivity contribution >= 4 is 17.8 Å². The zero-order chi connectivity index (χ0) is 21.9. The van der Waals surface area contributed by atoms with E-state index in [4.69, 9.17) is 14.3 Å². The fourth-order valence-electron chi connectivity index (χ4n) is 2.68. The lowest BCUT2D eigenvalue weighted by molar-refractivity contribution is -0.120. The molecular formula is C24H23FN2O4. The van der Waals surface area contributed by atoms with Crippen molar-refractivity contribution in [1.29, 1.82) is 0 Å². The molecule has 0 spiro atoms. The molecule has 31 heavy (non-hydrogen) atoms. The first kappa shape index (κ1) is 21.8. The number of oxime groups is 1. The fourth-order valence-corrected chi connectivity index (χ4v) is 2.68. The number of para-hydroxylation sites is 1. The number of nitrogens with one attached hydrogen (secondary N) is 1. The topological polar surface area (TPSA) is 69.2 Å². The first-order valence-corrected chi connectivity index (χ1v) is 9.79. The predicted molar refractivity (Wildman–Crippen MR) is 117 cm³/mol. The van der Waals surface area contributed by atoms with Gasteiger partial charge in [-0.15, -0.1) is 0 Å². The number of carbonyl (C=O) groups is 1. The van der Waals surface area contributed by atoms with Gasteiger partial charge in [-0.1, -0.05) is 41.6 Å². The quantitative estimate of drug-likeness (QED) is 0.377. The van der Waals surface area contributed by atoms with Gasteiger partial charge in [-0.05, 0) is 43.3 Å².